The third-order valence-corrected chi connectivity index (χ3v) is 7.03. The minimum absolute atomic E-state index is 0.125. The predicted octanol–water partition coefficient (Wildman–Crippen LogP) is 7.37. The first kappa shape index (κ1) is 24.0. The van der Waals surface area contributed by atoms with Crippen molar-refractivity contribution < 1.29 is 4.79 Å². The number of nitrogens with one attached hydrogen (secondary N) is 1. The van der Waals surface area contributed by atoms with Gasteiger partial charge in [0.2, 0.25) is 5.91 Å². The Morgan fingerprint density at radius 2 is 1.65 bits per heavy atom. The SMILES string of the molecule is N#Cc1cccc(CC(Cc2ccc(Cl)cc2)Cc2ccccc2NC(=O)C2CCCCC2)c1. The molecule has 1 fully saturated rings. The van der Waals surface area contributed by atoms with E-state index < -0.39 is 0 Å². The molecule has 3 aromatic rings. The van der Waals surface area contributed by atoms with E-state index in [-0.39, 0.29) is 11.8 Å². The van der Waals surface area contributed by atoms with Crippen molar-refractivity contribution in [3.63, 3.8) is 0 Å². The highest BCUT2D eigenvalue weighted by molar-refractivity contribution is 6.30. The fraction of sp³-hybridized carbons (Fsp3) is 0.333. The molecule has 0 spiro atoms. The molecule has 174 valence electrons. The van der Waals surface area contributed by atoms with Gasteiger partial charge in [-0.2, -0.15) is 5.26 Å². The number of nitrogens with zero attached hydrogens (tertiary/aromatic N) is 1. The quantitative estimate of drug-likeness (QED) is 0.373. The highest BCUT2D eigenvalue weighted by Crippen LogP contribution is 2.28. The molecular weight excluding hydrogens is 440 g/mol. The van der Waals surface area contributed by atoms with Crippen LogP contribution in [-0.2, 0) is 24.1 Å². The van der Waals surface area contributed by atoms with E-state index in [4.69, 9.17) is 11.6 Å². The molecule has 1 unspecified atom stereocenters. The lowest BCUT2D eigenvalue weighted by Gasteiger charge is -2.23. The summed E-state index contributed by atoms with van der Waals surface area (Å²) < 4.78 is 0. The van der Waals surface area contributed by atoms with Crippen molar-refractivity contribution in [3.8, 4) is 6.07 Å². The molecule has 0 heterocycles. The van der Waals surface area contributed by atoms with Crippen molar-refractivity contribution in [1.82, 2.24) is 0 Å². The monoisotopic (exact) mass is 470 g/mol. The van der Waals surface area contributed by atoms with Crippen LogP contribution in [-0.4, -0.2) is 5.91 Å². The summed E-state index contributed by atoms with van der Waals surface area (Å²) in [6.45, 7) is 0. The lowest BCUT2D eigenvalue weighted by atomic mass is 9.86. The van der Waals surface area contributed by atoms with Crippen molar-refractivity contribution in [2.24, 2.45) is 11.8 Å². The topological polar surface area (TPSA) is 52.9 Å². The number of amides is 1. The molecule has 0 bridgehead atoms. The van der Waals surface area contributed by atoms with Crippen molar-refractivity contribution in [3.05, 3.63) is 100 Å². The van der Waals surface area contributed by atoms with E-state index >= 15 is 0 Å². The summed E-state index contributed by atoms with van der Waals surface area (Å²) in [5.41, 5.74) is 5.14. The van der Waals surface area contributed by atoms with Gasteiger partial charge in [-0.3, -0.25) is 4.79 Å². The second-order valence-corrected chi connectivity index (χ2v) is 9.83. The van der Waals surface area contributed by atoms with Gasteiger partial charge in [0.15, 0.2) is 0 Å². The van der Waals surface area contributed by atoms with Crippen LogP contribution in [0.15, 0.2) is 72.8 Å². The molecule has 34 heavy (non-hydrogen) atoms. The highest BCUT2D eigenvalue weighted by atomic mass is 35.5. The molecule has 0 saturated heterocycles. The van der Waals surface area contributed by atoms with Gasteiger partial charge in [-0.05, 0) is 85.0 Å². The van der Waals surface area contributed by atoms with Gasteiger partial charge in [-0.15, -0.1) is 0 Å². The Balaban J connectivity index is 1.54. The molecule has 0 radical (unpaired) electrons. The van der Waals surface area contributed by atoms with Crippen LogP contribution in [0.4, 0.5) is 5.69 Å². The van der Waals surface area contributed by atoms with E-state index in [1.807, 2.05) is 48.5 Å². The average molecular weight is 471 g/mol. The Hall–Kier alpha value is -3.09. The minimum atomic E-state index is 0.125. The third kappa shape index (κ3) is 6.72. The lowest BCUT2D eigenvalue weighted by Crippen LogP contribution is -2.25. The van der Waals surface area contributed by atoms with Gasteiger partial charge in [0.25, 0.3) is 0 Å². The summed E-state index contributed by atoms with van der Waals surface area (Å²) in [7, 11) is 0. The number of para-hydroxylation sites is 1. The summed E-state index contributed by atoms with van der Waals surface area (Å²) >= 11 is 6.10. The molecule has 4 rings (SSSR count). The Morgan fingerprint density at radius 3 is 2.41 bits per heavy atom. The molecule has 4 heteroatoms. The van der Waals surface area contributed by atoms with Crippen molar-refractivity contribution in [2.75, 3.05) is 5.32 Å². The Kier molecular flexibility index (Phi) is 8.39. The van der Waals surface area contributed by atoms with Crippen LogP contribution in [0.1, 0.15) is 54.4 Å². The first-order valence-electron chi connectivity index (χ1n) is 12.2. The smallest absolute Gasteiger partial charge is 0.227 e. The number of nitriles is 1. The molecule has 1 saturated carbocycles. The third-order valence-electron chi connectivity index (χ3n) is 6.78. The van der Waals surface area contributed by atoms with Crippen molar-refractivity contribution in [1.29, 1.82) is 5.26 Å². The zero-order valence-electron chi connectivity index (χ0n) is 19.5. The van der Waals surface area contributed by atoms with E-state index in [0.717, 1.165) is 66.8 Å². The summed E-state index contributed by atoms with van der Waals surface area (Å²) in [6, 6.07) is 26.3. The van der Waals surface area contributed by atoms with Crippen LogP contribution in [0.25, 0.3) is 0 Å². The number of hydrogen-bond acceptors (Lipinski definition) is 2. The normalized spacial score (nSPS) is 14.8. The number of benzene rings is 3. The number of rotatable bonds is 8. The molecule has 1 atom stereocenters. The maximum absolute atomic E-state index is 12.9. The number of halogens is 1. The number of anilines is 1. The fourth-order valence-corrected chi connectivity index (χ4v) is 5.13. The van der Waals surface area contributed by atoms with Gasteiger partial charge in [-0.25, -0.2) is 0 Å². The van der Waals surface area contributed by atoms with Gasteiger partial charge in [0, 0.05) is 16.6 Å². The Bertz CT molecular complexity index is 1140. The van der Waals surface area contributed by atoms with E-state index in [9.17, 15) is 10.1 Å². The van der Waals surface area contributed by atoms with Gasteiger partial charge >= 0.3 is 0 Å². The number of hydrogen-bond donors (Lipinski definition) is 1. The van der Waals surface area contributed by atoms with E-state index in [1.54, 1.807) is 0 Å². The second kappa shape index (κ2) is 11.9. The molecule has 0 aromatic heterocycles. The van der Waals surface area contributed by atoms with Crippen LogP contribution in [0, 0.1) is 23.2 Å². The van der Waals surface area contributed by atoms with Crippen molar-refractivity contribution in [2.45, 2.75) is 51.4 Å². The predicted molar refractivity (Wildman–Crippen MR) is 139 cm³/mol. The van der Waals surface area contributed by atoms with E-state index in [1.165, 1.54) is 12.0 Å². The summed E-state index contributed by atoms with van der Waals surface area (Å²) in [4.78, 5) is 12.9. The summed E-state index contributed by atoms with van der Waals surface area (Å²) in [5, 5.41) is 13.3. The molecule has 3 nitrogen and oxygen atoms in total. The largest absolute Gasteiger partial charge is 0.326 e. The van der Waals surface area contributed by atoms with Gasteiger partial charge in [0.1, 0.15) is 0 Å². The zero-order chi connectivity index (χ0) is 23.8. The van der Waals surface area contributed by atoms with Crippen molar-refractivity contribution >= 4 is 23.2 Å². The summed E-state index contributed by atoms with van der Waals surface area (Å²) in [6.07, 6.45) is 8.07. The van der Waals surface area contributed by atoms with E-state index in [2.05, 4.69) is 35.7 Å². The molecule has 1 aliphatic rings. The first-order valence-corrected chi connectivity index (χ1v) is 12.6. The van der Waals surface area contributed by atoms with Crippen LogP contribution in [0.2, 0.25) is 5.02 Å². The minimum Gasteiger partial charge on any atom is -0.326 e. The number of carbonyl (C=O) groups excluding carboxylic acids is 1. The number of carbonyl (C=O) groups is 1. The van der Waals surface area contributed by atoms with Crippen LogP contribution in [0.5, 0.6) is 0 Å². The lowest BCUT2D eigenvalue weighted by molar-refractivity contribution is -0.120. The Morgan fingerprint density at radius 1 is 0.912 bits per heavy atom. The standard InChI is InChI=1S/C30H31ClN2O/c31-28-15-13-22(14-16-28)17-25(19-23-7-6-8-24(18-23)21-32)20-27-11-4-5-12-29(27)33-30(34)26-9-2-1-3-10-26/h4-8,11-16,18,25-26H,1-3,9-10,17,19-20H2,(H,33,34). The molecule has 1 amide bonds. The molecule has 1 aliphatic carbocycles. The maximum atomic E-state index is 12.9. The van der Waals surface area contributed by atoms with E-state index in [0.29, 0.717) is 11.5 Å². The molecule has 1 N–H and O–H groups in total. The van der Waals surface area contributed by atoms with Gasteiger partial charge < -0.3 is 5.32 Å². The van der Waals surface area contributed by atoms with Crippen LogP contribution in [0.3, 0.4) is 0 Å². The van der Waals surface area contributed by atoms with Crippen LogP contribution >= 0.6 is 11.6 Å². The van der Waals surface area contributed by atoms with Crippen LogP contribution < -0.4 is 5.32 Å². The molecule has 3 aromatic carbocycles. The highest BCUT2D eigenvalue weighted by Gasteiger charge is 2.22. The molecule has 0 aliphatic heterocycles. The summed E-state index contributed by atoms with van der Waals surface area (Å²) in [5.74, 6) is 0.589. The van der Waals surface area contributed by atoms with Gasteiger partial charge in [0.05, 0.1) is 11.6 Å². The van der Waals surface area contributed by atoms with Gasteiger partial charge in [-0.1, -0.05) is 73.3 Å². The molecular formula is C30H31ClN2O. The first-order chi connectivity index (χ1) is 16.6. The Labute approximate surface area is 207 Å². The fourth-order valence-electron chi connectivity index (χ4n) is 5.00. The second-order valence-electron chi connectivity index (χ2n) is 9.40. The maximum Gasteiger partial charge on any atom is 0.227 e. The average Bonchev–Trinajstić information content (AvgIpc) is 2.87. The zero-order valence-corrected chi connectivity index (χ0v) is 20.2.